The molecule has 0 radical (unpaired) electrons. The molecule has 1 rings (SSSR count). The van der Waals surface area contributed by atoms with Gasteiger partial charge in [0.25, 0.3) is 0 Å². The fourth-order valence-corrected chi connectivity index (χ4v) is 2.93. The molecule has 1 heterocycles. The molecular formula is C9H15N3S3. The number of nitrogens with zero attached hydrogens (tertiary/aromatic N) is 1. The third kappa shape index (κ3) is 4.81. The Hall–Kier alpha value is -0.330. The summed E-state index contributed by atoms with van der Waals surface area (Å²) in [6.07, 6.45) is 0. The summed E-state index contributed by atoms with van der Waals surface area (Å²) >= 11 is 8.59. The fourth-order valence-electron chi connectivity index (χ4n) is 0.955. The predicted molar refractivity (Wildman–Crippen MR) is 72.7 cm³/mol. The molecule has 0 bridgehead atoms. The maximum atomic E-state index is 4.97. The van der Waals surface area contributed by atoms with Gasteiger partial charge >= 0.3 is 0 Å². The summed E-state index contributed by atoms with van der Waals surface area (Å²) < 4.78 is 0. The molecule has 0 atom stereocenters. The number of rotatable bonds is 5. The van der Waals surface area contributed by atoms with E-state index < -0.39 is 0 Å². The lowest BCUT2D eigenvalue weighted by molar-refractivity contribution is 0.943. The summed E-state index contributed by atoms with van der Waals surface area (Å²) in [5.41, 5.74) is 3.06. The third-order valence-electron chi connectivity index (χ3n) is 1.84. The van der Waals surface area contributed by atoms with Gasteiger partial charge in [-0.05, 0) is 19.1 Å². The fraction of sp³-hybridized carbons (Fsp3) is 0.556. The Morgan fingerprint density at radius 3 is 3.07 bits per heavy atom. The van der Waals surface area contributed by atoms with Crippen molar-refractivity contribution in [2.24, 2.45) is 0 Å². The predicted octanol–water partition coefficient (Wildman–Crippen LogP) is 1.78. The highest BCUT2D eigenvalue weighted by Gasteiger charge is 2.00. The van der Waals surface area contributed by atoms with Crippen molar-refractivity contribution in [3.05, 3.63) is 16.1 Å². The highest BCUT2D eigenvalue weighted by atomic mass is 32.2. The number of nitrogens with one attached hydrogen (secondary N) is 2. The van der Waals surface area contributed by atoms with Gasteiger partial charge in [0.05, 0.1) is 11.2 Å². The molecule has 0 saturated carbocycles. The van der Waals surface area contributed by atoms with E-state index in [1.54, 1.807) is 11.3 Å². The minimum absolute atomic E-state index is 0.713. The molecule has 0 aliphatic carbocycles. The molecule has 3 nitrogen and oxygen atoms in total. The average Bonchev–Trinajstić information content (AvgIpc) is 2.63. The van der Waals surface area contributed by atoms with Gasteiger partial charge < -0.3 is 10.6 Å². The molecule has 0 spiro atoms. The third-order valence-corrected chi connectivity index (χ3v) is 4.29. The van der Waals surface area contributed by atoms with E-state index in [9.17, 15) is 0 Å². The van der Waals surface area contributed by atoms with Crippen LogP contribution in [-0.2, 0) is 5.75 Å². The minimum Gasteiger partial charge on any atom is -0.366 e. The van der Waals surface area contributed by atoms with E-state index in [1.165, 1.54) is 4.88 Å². The molecule has 1 aromatic rings. The van der Waals surface area contributed by atoms with Gasteiger partial charge in [-0.15, -0.1) is 11.3 Å². The Balaban J connectivity index is 2.07. The summed E-state index contributed by atoms with van der Waals surface area (Å²) in [6, 6.07) is 0. The first kappa shape index (κ1) is 12.7. The zero-order valence-corrected chi connectivity index (χ0v) is 11.3. The van der Waals surface area contributed by atoms with Crippen LogP contribution in [0.25, 0.3) is 0 Å². The lowest BCUT2D eigenvalue weighted by atomic mass is 10.4. The van der Waals surface area contributed by atoms with Crippen molar-refractivity contribution in [3.8, 4) is 0 Å². The summed E-state index contributed by atoms with van der Waals surface area (Å²) in [4.78, 5) is 5.59. The van der Waals surface area contributed by atoms with Crippen LogP contribution in [0.4, 0.5) is 0 Å². The van der Waals surface area contributed by atoms with E-state index >= 15 is 0 Å². The number of aryl methyl sites for hydroxylation is 1. The topological polar surface area (TPSA) is 37.0 Å². The highest BCUT2D eigenvalue weighted by Crippen LogP contribution is 2.18. The molecule has 84 valence electrons. The molecule has 2 N–H and O–H groups in total. The molecule has 0 aliphatic rings. The molecule has 0 amide bonds. The van der Waals surface area contributed by atoms with E-state index in [2.05, 4.69) is 22.5 Å². The van der Waals surface area contributed by atoms with E-state index in [4.69, 9.17) is 12.2 Å². The standard InChI is InChI=1S/C9H15N3S3/c1-7-8(15-6-12-7)5-14-4-3-11-9(13)10-2/h6H,3-5H2,1-2H3,(H2,10,11,13). The Labute approximate surface area is 104 Å². The van der Waals surface area contributed by atoms with Crippen LogP contribution in [0.15, 0.2) is 5.51 Å². The largest absolute Gasteiger partial charge is 0.366 e. The molecule has 0 saturated heterocycles. The maximum Gasteiger partial charge on any atom is 0.166 e. The van der Waals surface area contributed by atoms with Gasteiger partial charge in [0.2, 0.25) is 0 Å². The van der Waals surface area contributed by atoms with E-state index in [1.807, 2.05) is 24.3 Å². The molecule has 0 aliphatic heterocycles. The van der Waals surface area contributed by atoms with Crippen LogP contribution in [0.3, 0.4) is 0 Å². The number of thiocarbonyl (C=S) groups is 1. The molecule has 6 heteroatoms. The van der Waals surface area contributed by atoms with Gasteiger partial charge in [0, 0.05) is 30.0 Å². The van der Waals surface area contributed by atoms with Gasteiger partial charge in [-0.2, -0.15) is 11.8 Å². The Morgan fingerprint density at radius 2 is 2.47 bits per heavy atom. The SMILES string of the molecule is CNC(=S)NCCSCc1scnc1C. The second kappa shape index (κ2) is 7.03. The van der Waals surface area contributed by atoms with Crippen molar-refractivity contribution < 1.29 is 0 Å². The maximum absolute atomic E-state index is 4.97. The van der Waals surface area contributed by atoms with Crippen LogP contribution in [0.5, 0.6) is 0 Å². The summed E-state index contributed by atoms with van der Waals surface area (Å²) in [7, 11) is 1.82. The first-order valence-corrected chi connectivity index (χ1v) is 7.10. The normalized spacial score (nSPS) is 10.0. The first-order chi connectivity index (χ1) is 7.24. The highest BCUT2D eigenvalue weighted by molar-refractivity contribution is 7.98. The van der Waals surface area contributed by atoms with Crippen molar-refractivity contribution in [1.29, 1.82) is 0 Å². The lowest BCUT2D eigenvalue weighted by Gasteiger charge is -2.05. The van der Waals surface area contributed by atoms with E-state index in [-0.39, 0.29) is 0 Å². The number of hydrogen-bond donors (Lipinski definition) is 2. The Bertz CT molecular complexity index is 311. The minimum atomic E-state index is 0.713. The molecule has 1 aromatic heterocycles. The van der Waals surface area contributed by atoms with Crippen molar-refractivity contribution in [1.82, 2.24) is 15.6 Å². The number of hydrogen-bond acceptors (Lipinski definition) is 4. The number of aromatic nitrogens is 1. The van der Waals surface area contributed by atoms with Crippen LogP contribution in [0.1, 0.15) is 10.6 Å². The summed E-state index contributed by atoms with van der Waals surface area (Å²) in [5, 5.41) is 6.71. The Morgan fingerprint density at radius 1 is 1.67 bits per heavy atom. The zero-order chi connectivity index (χ0) is 11.1. The van der Waals surface area contributed by atoms with Gasteiger partial charge in [0.1, 0.15) is 0 Å². The van der Waals surface area contributed by atoms with Crippen molar-refractivity contribution in [3.63, 3.8) is 0 Å². The monoisotopic (exact) mass is 261 g/mol. The van der Waals surface area contributed by atoms with Crippen molar-refractivity contribution in [2.45, 2.75) is 12.7 Å². The lowest BCUT2D eigenvalue weighted by Crippen LogP contribution is -2.33. The quantitative estimate of drug-likeness (QED) is 0.624. The summed E-state index contributed by atoms with van der Waals surface area (Å²) in [6.45, 7) is 2.96. The number of thioether (sulfide) groups is 1. The second-order valence-electron chi connectivity index (χ2n) is 2.92. The molecular weight excluding hydrogens is 246 g/mol. The van der Waals surface area contributed by atoms with Gasteiger partial charge in [-0.25, -0.2) is 4.98 Å². The van der Waals surface area contributed by atoms with Crippen LogP contribution in [0, 0.1) is 6.92 Å². The van der Waals surface area contributed by atoms with Gasteiger partial charge in [-0.1, -0.05) is 0 Å². The van der Waals surface area contributed by atoms with Crippen LogP contribution in [-0.4, -0.2) is 29.4 Å². The zero-order valence-electron chi connectivity index (χ0n) is 8.87. The average molecular weight is 261 g/mol. The Kier molecular flexibility index (Phi) is 5.97. The van der Waals surface area contributed by atoms with Gasteiger partial charge in [-0.3, -0.25) is 0 Å². The van der Waals surface area contributed by atoms with Crippen molar-refractivity contribution in [2.75, 3.05) is 19.3 Å². The van der Waals surface area contributed by atoms with Crippen LogP contribution < -0.4 is 10.6 Å². The van der Waals surface area contributed by atoms with Crippen LogP contribution >= 0.6 is 35.3 Å². The molecule has 15 heavy (non-hydrogen) atoms. The summed E-state index contributed by atoms with van der Waals surface area (Å²) in [5.74, 6) is 2.10. The van der Waals surface area contributed by atoms with Crippen molar-refractivity contribution >= 4 is 40.4 Å². The van der Waals surface area contributed by atoms with Crippen LogP contribution in [0.2, 0.25) is 0 Å². The van der Waals surface area contributed by atoms with Gasteiger partial charge in [0.15, 0.2) is 5.11 Å². The second-order valence-corrected chi connectivity index (χ2v) is 5.37. The molecule has 0 aromatic carbocycles. The van der Waals surface area contributed by atoms with E-state index in [0.717, 1.165) is 23.7 Å². The smallest absolute Gasteiger partial charge is 0.166 e. The number of thiazole rings is 1. The molecule has 0 unspecified atom stereocenters. The molecule has 0 fully saturated rings. The van der Waals surface area contributed by atoms with E-state index in [0.29, 0.717) is 5.11 Å². The first-order valence-electron chi connectivity index (χ1n) is 4.66.